The highest BCUT2D eigenvalue weighted by Crippen LogP contribution is 2.37. The first-order chi connectivity index (χ1) is 5.81. The van der Waals surface area contributed by atoms with Gasteiger partial charge in [0.25, 0.3) is 0 Å². The fourth-order valence-corrected chi connectivity index (χ4v) is 1.37. The molecular weight excluding hydrogens is 176 g/mol. The molecule has 12 heavy (non-hydrogen) atoms. The van der Waals surface area contributed by atoms with Crippen molar-refractivity contribution in [1.82, 2.24) is 0 Å². The Balaban J connectivity index is 2.39. The number of rotatable bonds is 2. The standard InChI is InChI=1S/C9H9ClO2/c1-11-8-3-2-6(10)4-7(8)9-5-12-9/h2-4,9H,5H2,1H3/t9-/m1/s1. The average Bonchev–Trinajstić information content (AvgIpc) is 2.87. The Hall–Kier alpha value is -0.730. The Bertz CT molecular complexity index is 295. The summed E-state index contributed by atoms with van der Waals surface area (Å²) in [5, 5.41) is 0.723. The van der Waals surface area contributed by atoms with Crippen LogP contribution in [0, 0.1) is 0 Å². The van der Waals surface area contributed by atoms with Crippen molar-refractivity contribution < 1.29 is 9.47 Å². The number of halogens is 1. The largest absolute Gasteiger partial charge is 0.496 e. The minimum Gasteiger partial charge on any atom is -0.496 e. The molecule has 1 aliphatic rings. The van der Waals surface area contributed by atoms with E-state index in [-0.39, 0.29) is 6.10 Å². The Morgan fingerprint density at radius 2 is 2.33 bits per heavy atom. The topological polar surface area (TPSA) is 21.8 Å². The summed E-state index contributed by atoms with van der Waals surface area (Å²) in [4.78, 5) is 0. The summed E-state index contributed by atoms with van der Waals surface area (Å²) in [5.74, 6) is 0.849. The summed E-state index contributed by atoms with van der Waals surface area (Å²) in [6, 6.07) is 5.56. The summed E-state index contributed by atoms with van der Waals surface area (Å²) < 4.78 is 10.3. The van der Waals surface area contributed by atoms with Crippen molar-refractivity contribution in [3.05, 3.63) is 28.8 Å². The fourth-order valence-electron chi connectivity index (χ4n) is 1.18. The predicted molar refractivity (Wildman–Crippen MR) is 46.7 cm³/mol. The molecule has 2 rings (SSSR count). The van der Waals surface area contributed by atoms with E-state index in [0.29, 0.717) is 0 Å². The SMILES string of the molecule is COc1ccc(Cl)cc1[C@H]1CO1. The smallest absolute Gasteiger partial charge is 0.124 e. The molecule has 1 fully saturated rings. The van der Waals surface area contributed by atoms with Gasteiger partial charge in [0.2, 0.25) is 0 Å². The van der Waals surface area contributed by atoms with Gasteiger partial charge in [-0.3, -0.25) is 0 Å². The van der Waals surface area contributed by atoms with E-state index in [4.69, 9.17) is 21.1 Å². The second-order valence-electron chi connectivity index (χ2n) is 2.71. The summed E-state index contributed by atoms with van der Waals surface area (Å²) in [6.45, 7) is 0.775. The quantitative estimate of drug-likeness (QED) is 0.659. The highest BCUT2D eigenvalue weighted by Gasteiger charge is 2.28. The third kappa shape index (κ3) is 1.40. The van der Waals surface area contributed by atoms with Crippen LogP contribution in [0.2, 0.25) is 5.02 Å². The molecule has 1 aliphatic heterocycles. The van der Waals surface area contributed by atoms with E-state index in [9.17, 15) is 0 Å². The van der Waals surface area contributed by atoms with Gasteiger partial charge in [-0.1, -0.05) is 11.6 Å². The van der Waals surface area contributed by atoms with Gasteiger partial charge in [-0.05, 0) is 18.2 Å². The van der Waals surface area contributed by atoms with Gasteiger partial charge >= 0.3 is 0 Å². The van der Waals surface area contributed by atoms with Gasteiger partial charge in [-0.15, -0.1) is 0 Å². The molecule has 1 atom stereocenters. The molecule has 1 heterocycles. The molecule has 3 heteroatoms. The first kappa shape index (κ1) is 7.90. The molecule has 2 nitrogen and oxygen atoms in total. The van der Waals surface area contributed by atoms with Gasteiger partial charge in [0.05, 0.1) is 13.7 Å². The van der Waals surface area contributed by atoms with Crippen molar-refractivity contribution in [2.45, 2.75) is 6.10 Å². The molecule has 0 amide bonds. The number of ether oxygens (including phenoxy) is 2. The normalized spacial score (nSPS) is 20.7. The zero-order valence-corrected chi connectivity index (χ0v) is 7.47. The van der Waals surface area contributed by atoms with Gasteiger partial charge in [0.1, 0.15) is 11.9 Å². The van der Waals surface area contributed by atoms with Crippen LogP contribution >= 0.6 is 11.6 Å². The van der Waals surface area contributed by atoms with Gasteiger partial charge in [-0.25, -0.2) is 0 Å². The molecular formula is C9H9ClO2. The lowest BCUT2D eigenvalue weighted by molar-refractivity contribution is 0.383. The molecule has 0 bridgehead atoms. The molecule has 1 aromatic rings. The Kier molecular flexibility index (Phi) is 1.95. The maximum atomic E-state index is 5.83. The van der Waals surface area contributed by atoms with Crippen LogP contribution in [-0.2, 0) is 4.74 Å². The van der Waals surface area contributed by atoms with E-state index in [1.165, 1.54) is 0 Å². The molecule has 0 aliphatic carbocycles. The van der Waals surface area contributed by atoms with Crippen molar-refractivity contribution in [1.29, 1.82) is 0 Å². The maximum Gasteiger partial charge on any atom is 0.124 e. The van der Waals surface area contributed by atoms with Gasteiger partial charge < -0.3 is 9.47 Å². The first-order valence-electron chi connectivity index (χ1n) is 3.76. The molecule has 1 aromatic carbocycles. The minimum absolute atomic E-state index is 0.193. The fraction of sp³-hybridized carbons (Fsp3) is 0.333. The molecule has 0 saturated carbocycles. The van der Waals surface area contributed by atoms with Gasteiger partial charge in [-0.2, -0.15) is 0 Å². The van der Waals surface area contributed by atoms with Crippen LogP contribution in [0.1, 0.15) is 11.7 Å². The summed E-state index contributed by atoms with van der Waals surface area (Å²) in [5.41, 5.74) is 1.05. The minimum atomic E-state index is 0.193. The van der Waals surface area contributed by atoms with E-state index in [2.05, 4.69) is 0 Å². The third-order valence-corrected chi connectivity index (χ3v) is 2.11. The average molecular weight is 185 g/mol. The molecule has 0 aromatic heterocycles. The predicted octanol–water partition coefficient (Wildman–Crippen LogP) is 2.42. The first-order valence-corrected chi connectivity index (χ1v) is 4.14. The summed E-state index contributed by atoms with van der Waals surface area (Å²) >= 11 is 5.83. The highest BCUT2D eigenvalue weighted by molar-refractivity contribution is 6.30. The van der Waals surface area contributed by atoms with Crippen LogP contribution in [0.25, 0.3) is 0 Å². The zero-order valence-electron chi connectivity index (χ0n) is 6.71. The monoisotopic (exact) mass is 184 g/mol. The molecule has 0 unspecified atom stereocenters. The summed E-state index contributed by atoms with van der Waals surface area (Å²) in [7, 11) is 1.65. The Morgan fingerprint density at radius 1 is 1.58 bits per heavy atom. The number of methoxy groups -OCH3 is 1. The number of benzene rings is 1. The van der Waals surface area contributed by atoms with Crippen molar-refractivity contribution in [3.63, 3.8) is 0 Å². The zero-order chi connectivity index (χ0) is 8.55. The Morgan fingerprint density at radius 3 is 2.92 bits per heavy atom. The summed E-state index contributed by atoms with van der Waals surface area (Å²) in [6.07, 6.45) is 0.193. The van der Waals surface area contributed by atoms with Crippen LogP contribution in [0.15, 0.2) is 18.2 Å². The van der Waals surface area contributed by atoms with E-state index >= 15 is 0 Å². The lowest BCUT2D eigenvalue weighted by Gasteiger charge is -2.05. The molecule has 0 spiro atoms. The Labute approximate surface area is 76.1 Å². The number of hydrogen-bond acceptors (Lipinski definition) is 2. The number of hydrogen-bond donors (Lipinski definition) is 0. The van der Waals surface area contributed by atoms with Crippen molar-refractivity contribution in [2.24, 2.45) is 0 Å². The van der Waals surface area contributed by atoms with Crippen molar-refractivity contribution >= 4 is 11.6 Å². The van der Waals surface area contributed by atoms with Crippen LogP contribution in [-0.4, -0.2) is 13.7 Å². The highest BCUT2D eigenvalue weighted by atomic mass is 35.5. The molecule has 1 saturated heterocycles. The third-order valence-electron chi connectivity index (χ3n) is 1.87. The molecule has 0 radical (unpaired) electrons. The van der Waals surface area contributed by atoms with E-state index in [1.54, 1.807) is 7.11 Å². The molecule has 0 N–H and O–H groups in total. The van der Waals surface area contributed by atoms with E-state index in [0.717, 1.165) is 22.9 Å². The molecule has 64 valence electrons. The van der Waals surface area contributed by atoms with Crippen molar-refractivity contribution in [2.75, 3.05) is 13.7 Å². The second kappa shape index (κ2) is 2.96. The maximum absolute atomic E-state index is 5.83. The van der Waals surface area contributed by atoms with Crippen molar-refractivity contribution in [3.8, 4) is 5.75 Å². The second-order valence-corrected chi connectivity index (χ2v) is 3.14. The van der Waals surface area contributed by atoms with Crippen LogP contribution in [0.3, 0.4) is 0 Å². The lowest BCUT2D eigenvalue weighted by Crippen LogP contribution is -1.89. The van der Waals surface area contributed by atoms with Crippen LogP contribution < -0.4 is 4.74 Å². The van der Waals surface area contributed by atoms with E-state index < -0.39 is 0 Å². The van der Waals surface area contributed by atoms with Gasteiger partial charge in [0, 0.05) is 10.6 Å². The number of epoxide rings is 1. The van der Waals surface area contributed by atoms with Crippen LogP contribution in [0.5, 0.6) is 5.75 Å². The van der Waals surface area contributed by atoms with E-state index in [1.807, 2.05) is 18.2 Å². The lowest BCUT2D eigenvalue weighted by atomic mass is 10.1. The van der Waals surface area contributed by atoms with Gasteiger partial charge in [0.15, 0.2) is 0 Å². The van der Waals surface area contributed by atoms with Crippen LogP contribution in [0.4, 0.5) is 0 Å².